The summed E-state index contributed by atoms with van der Waals surface area (Å²) in [6, 6.07) is 12.1. The second-order valence-corrected chi connectivity index (χ2v) is 12.3. The molecule has 1 N–H and O–H groups in total. The van der Waals surface area contributed by atoms with E-state index in [1.165, 1.54) is 12.1 Å². The second-order valence-electron chi connectivity index (χ2n) is 6.02. The Balaban J connectivity index is 1.75. The fourth-order valence-electron chi connectivity index (χ4n) is 2.96. The molecule has 0 bridgehead atoms. The van der Waals surface area contributed by atoms with Crippen LogP contribution < -0.4 is 5.32 Å². The molecule has 0 aliphatic carbocycles. The molecule has 2 atom stereocenters. The highest BCUT2D eigenvalue weighted by molar-refractivity contribution is 7.97. The van der Waals surface area contributed by atoms with Crippen molar-refractivity contribution in [1.82, 2.24) is 5.32 Å². The van der Waals surface area contributed by atoms with Crippen LogP contribution in [0.3, 0.4) is 0 Å². The lowest BCUT2D eigenvalue weighted by Crippen LogP contribution is -2.43. The van der Waals surface area contributed by atoms with Crippen molar-refractivity contribution in [3.05, 3.63) is 52.4 Å². The van der Waals surface area contributed by atoms with Crippen LogP contribution >= 0.6 is 22.9 Å². The van der Waals surface area contributed by atoms with Gasteiger partial charge in [0.1, 0.15) is 4.21 Å². The van der Waals surface area contributed by atoms with Gasteiger partial charge in [0, 0.05) is 6.04 Å². The third kappa shape index (κ3) is 4.43. The minimum atomic E-state index is -3.74. The zero-order valence-corrected chi connectivity index (χ0v) is 16.5. The standard InChI is InChI=1S/C16H18ClNO4S3/c17-15-6-7-16(23-15)25(21,22)14-11-24(19,20)10-13(14)18-9-8-12-4-2-1-3-5-12/h1-7,13-14,18H,8-11H2/t13-,14-/m0/s1. The molecule has 0 spiro atoms. The summed E-state index contributed by atoms with van der Waals surface area (Å²) >= 11 is 6.80. The summed E-state index contributed by atoms with van der Waals surface area (Å²) in [5, 5.41) is 2.15. The molecule has 0 radical (unpaired) electrons. The van der Waals surface area contributed by atoms with Crippen LogP contribution in [0.25, 0.3) is 0 Å². The van der Waals surface area contributed by atoms with Gasteiger partial charge < -0.3 is 5.32 Å². The maximum absolute atomic E-state index is 12.8. The maximum Gasteiger partial charge on any atom is 0.193 e. The first-order valence-corrected chi connectivity index (χ1v) is 12.3. The Morgan fingerprint density at radius 2 is 1.84 bits per heavy atom. The van der Waals surface area contributed by atoms with Gasteiger partial charge in [0.25, 0.3) is 0 Å². The number of thiophene rings is 1. The van der Waals surface area contributed by atoms with Crippen LogP contribution in [0.5, 0.6) is 0 Å². The lowest BCUT2D eigenvalue weighted by Gasteiger charge is -2.19. The molecule has 0 unspecified atom stereocenters. The summed E-state index contributed by atoms with van der Waals surface area (Å²) in [4.78, 5) is 0. The number of rotatable bonds is 6. The van der Waals surface area contributed by atoms with E-state index in [2.05, 4.69) is 5.32 Å². The molecule has 1 aliphatic heterocycles. The van der Waals surface area contributed by atoms with Crippen LogP contribution in [0.2, 0.25) is 4.34 Å². The number of hydrogen-bond donors (Lipinski definition) is 1. The first-order valence-electron chi connectivity index (χ1n) is 7.75. The van der Waals surface area contributed by atoms with E-state index >= 15 is 0 Å². The monoisotopic (exact) mass is 419 g/mol. The highest BCUT2D eigenvalue weighted by atomic mass is 35.5. The smallest absolute Gasteiger partial charge is 0.193 e. The fourth-order valence-corrected chi connectivity index (χ4v) is 9.38. The van der Waals surface area contributed by atoms with E-state index in [1.807, 2.05) is 30.3 Å². The van der Waals surface area contributed by atoms with E-state index in [9.17, 15) is 16.8 Å². The molecule has 9 heteroatoms. The summed E-state index contributed by atoms with van der Waals surface area (Å²) in [6.45, 7) is 0.515. The second kappa shape index (κ2) is 7.36. The molecule has 2 aromatic rings. The van der Waals surface area contributed by atoms with Gasteiger partial charge in [-0.3, -0.25) is 0 Å². The average Bonchev–Trinajstić information content (AvgIpc) is 3.12. The fraction of sp³-hybridized carbons (Fsp3) is 0.375. The minimum absolute atomic E-state index is 0.120. The number of halogens is 1. The van der Waals surface area contributed by atoms with Crippen molar-refractivity contribution in [2.75, 3.05) is 18.1 Å². The van der Waals surface area contributed by atoms with Crippen molar-refractivity contribution in [3.63, 3.8) is 0 Å². The molecule has 136 valence electrons. The van der Waals surface area contributed by atoms with E-state index in [-0.39, 0.29) is 15.7 Å². The zero-order valence-electron chi connectivity index (χ0n) is 13.3. The van der Waals surface area contributed by atoms with Crippen LogP contribution in [-0.2, 0) is 26.1 Å². The van der Waals surface area contributed by atoms with Gasteiger partial charge in [-0.15, -0.1) is 11.3 Å². The molecule has 1 aromatic carbocycles. The predicted molar refractivity (Wildman–Crippen MR) is 101 cm³/mol. The van der Waals surface area contributed by atoms with Crippen molar-refractivity contribution in [2.45, 2.75) is 21.9 Å². The molecule has 1 aromatic heterocycles. The zero-order chi connectivity index (χ0) is 18.1. The molecular weight excluding hydrogens is 402 g/mol. The summed E-state index contributed by atoms with van der Waals surface area (Å²) < 4.78 is 50.2. The van der Waals surface area contributed by atoms with Crippen LogP contribution in [0, 0.1) is 0 Å². The van der Waals surface area contributed by atoms with Gasteiger partial charge in [-0.2, -0.15) is 0 Å². The first-order chi connectivity index (χ1) is 11.8. The van der Waals surface area contributed by atoms with Gasteiger partial charge in [0.05, 0.1) is 21.1 Å². The van der Waals surface area contributed by atoms with Crippen molar-refractivity contribution in [3.8, 4) is 0 Å². The first kappa shape index (κ1) is 18.8. The van der Waals surface area contributed by atoms with E-state index < -0.39 is 31.0 Å². The van der Waals surface area contributed by atoms with E-state index in [4.69, 9.17) is 11.6 Å². The third-order valence-electron chi connectivity index (χ3n) is 4.19. The van der Waals surface area contributed by atoms with Crippen LogP contribution in [0.4, 0.5) is 0 Å². The Kier molecular flexibility index (Phi) is 5.55. The highest BCUT2D eigenvalue weighted by Crippen LogP contribution is 2.32. The highest BCUT2D eigenvalue weighted by Gasteiger charge is 2.46. The molecule has 3 rings (SSSR count). The lowest BCUT2D eigenvalue weighted by atomic mass is 10.1. The van der Waals surface area contributed by atoms with Crippen molar-refractivity contribution >= 4 is 42.6 Å². The van der Waals surface area contributed by atoms with Crippen molar-refractivity contribution in [1.29, 1.82) is 0 Å². The van der Waals surface area contributed by atoms with Gasteiger partial charge in [-0.05, 0) is 30.7 Å². The molecule has 0 saturated carbocycles. The topological polar surface area (TPSA) is 80.3 Å². The summed E-state index contributed by atoms with van der Waals surface area (Å²) in [5.74, 6) is -0.515. The van der Waals surface area contributed by atoms with Crippen LogP contribution in [-0.4, -0.2) is 46.2 Å². The number of nitrogens with one attached hydrogen (secondary N) is 1. The van der Waals surface area contributed by atoms with Crippen LogP contribution in [0.15, 0.2) is 46.7 Å². The Morgan fingerprint density at radius 3 is 2.48 bits per heavy atom. The Bertz CT molecular complexity index is 939. The largest absolute Gasteiger partial charge is 0.311 e. The molecule has 1 aliphatic rings. The van der Waals surface area contributed by atoms with Gasteiger partial charge >= 0.3 is 0 Å². The molecule has 5 nitrogen and oxygen atoms in total. The number of sulfone groups is 2. The summed E-state index contributed by atoms with van der Waals surface area (Å²) in [7, 11) is -7.13. The quantitative estimate of drug-likeness (QED) is 0.776. The molecule has 25 heavy (non-hydrogen) atoms. The molecule has 2 heterocycles. The van der Waals surface area contributed by atoms with Crippen molar-refractivity contribution in [2.24, 2.45) is 0 Å². The molecule has 1 fully saturated rings. The number of benzene rings is 1. The van der Waals surface area contributed by atoms with Gasteiger partial charge in [0.15, 0.2) is 19.7 Å². The lowest BCUT2D eigenvalue weighted by molar-refractivity contribution is 0.529. The Morgan fingerprint density at radius 1 is 1.12 bits per heavy atom. The number of hydrogen-bond acceptors (Lipinski definition) is 6. The third-order valence-corrected chi connectivity index (χ3v) is 10.1. The van der Waals surface area contributed by atoms with Gasteiger partial charge in [0.2, 0.25) is 0 Å². The maximum atomic E-state index is 12.8. The van der Waals surface area contributed by atoms with Gasteiger partial charge in [-0.1, -0.05) is 41.9 Å². The summed E-state index contributed by atoms with van der Waals surface area (Å²) in [6.07, 6.45) is 0.703. The predicted octanol–water partition coefficient (Wildman–Crippen LogP) is 2.17. The molecule has 0 amide bonds. The van der Waals surface area contributed by atoms with E-state index in [0.717, 1.165) is 16.9 Å². The normalized spacial score (nSPS) is 22.9. The van der Waals surface area contributed by atoms with Crippen LogP contribution in [0.1, 0.15) is 5.56 Å². The average molecular weight is 420 g/mol. The minimum Gasteiger partial charge on any atom is -0.311 e. The van der Waals surface area contributed by atoms with E-state index in [0.29, 0.717) is 17.3 Å². The van der Waals surface area contributed by atoms with E-state index in [1.54, 1.807) is 0 Å². The Hall–Kier alpha value is -0.930. The molecule has 1 saturated heterocycles. The summed E-state index contributed by atoms with van der Waals surface area (Å²) in [5.41, 5.74) is 1.11. The SMILES string of the molecule is O=S1(=O)C[C@H](NCCc2ccccc2)[C@@H](S(=O)(=O)c2ccc(Cl)s2)C1. The Labute approximate surface area is 156 Å². The molecular formula is C16H18ClNO4S3. The van der Waals surface area contributed by atoms with Crippen molar-refractivity contribution < 1.29 is 16.8 Å². The van der Waals surface area contributed by atoms with Gasteiger partial charge in [-0.25, -0.2) is 16.8 Å².